The quantitative estimate of drug-likeness (QED) is 0.569. The van der Waals surface area contributed by atoms with Crippen LogP contribution in [0.4, 0.5) is 10.8 Å². The molecule has 0 atom stereocenters. The average molecular weight is 336 g/mol. The fourth-order valence-corrected chi connectivity index (χ4v) is 3.35. The predicted octanol–water partition coefficient (Wildman–Crippen LogP) is 3.60. The Morgan fingerprint density at radius 2 is 2.23 bits per heavy atom. The monoisotopic (exact) mass is 336 g/mol. The number of aromatic nitrogens is 2. The van der Waals surface area contributed by atoms with Gasteiger partial charge in [0.2, 0.25) is 11.0 Å². The first kappa shape index (κ1) is 16.8. The molecule has 0 saturated heterocycles. The first-order valence-electron chi connectivity index (χ1n) is 7.24. The van der Waals surface area contributed by atoms with Crippen LogP contribution in [0.1, 0.15) is 25.3 Å². The third-order valence-electron chi connectivity index (χ3n) is 2.86. The van der Waals surface area contributed by atoms with Crippen molar-refractivity contribution < 1.29 is 4.79 Å². The lowest BCUT2D eigenvalue weighted by molar-refractivity contribution is -0.118. The summed E-state index contributed by atoms with van der Waals surface area (Å²) in [6.07, 6.45) is 2.09. The van der Waals surface area contributed by atoms with E-state index in [-0.39, 0.29) is 5.91 Å². The van der Waals surface area contributed by atoms with Crippen molar-refractivity contribution in [1.82, 2.24) is 15.5 Å². The van der Waals surface area contributed by atoms with Gasteiger partial charge in [0.05, 0.1) is 5.75 Å². The van der Waals surface area contributed by atoms with Gasteiger partial charge in [-0.3, -0.25) is 4.79 Å². The molecule has 22 heavy (non-hydrogen) atoms. The lowest BCUT2D eigenvalue weighted by atomic mass is 10.2. The number of hydrogen-bond donors (Lipinski definition) is 2. The largest absolute Gasteiger partial charge is 0.355 e. The van der Waals surface area contributed by atoms with E-state index in [4.69, 9.17) is 0 Å². The van der Waals surface area contributed by atoms with Crippen LogP contribution >= 0.6 is 23.1 Å². The number of unbranched alkanes of at least 4 members (excludes halogenated alkanes) is 1. The maximum atomic E-state index is 11.6. The fraction of sp³-hybridized carbons (Fsp3) is 0.400. The highest BCUT2D eigenvalue weighted by Gasteiger charge is 2.08. The van der Waals surface area contributed by atoms with Crippen molar-refractivity contribution in [2.75, 3.05) is 17.6 Å². The second-order valence-electron chi connectivity index (χ2n) is 4.86. The summed E-state index contributed by atoms with van der Waals surface area (Å²) in [6, 6.07) is 8.08. The first-order valence-corrected chi connectivity index (χ1v) is 9.04. The zero-order valence-electron chi connectivity index (χ0n) is 12.8. The summed E-state index contributed by atoms with van der Waals surface area (Å²) in [5.74, 6) is 0.421. The minimum Gasteiger partial charge on any atom is -0.355 e. The molecular formula is C15H20N4OS2. The van der Waals surface area contributed by atoms with Gasteiger partial charge in [-0.2, -0.15) is 0 Å². The van der Waals surface area contributed by atoms with Crippen molar-refractivity contribution in [3.63, 3.8) is 0 Å². The van der Waals surface area contributed by atoms with Crippen molar-refractivity contribution >= 4 is 39.8 Å². The maximum Gasteiger partial charge on any atom is 0.230 e. The van der Waals surface area contributed by atoms with Crippen molar-refractivity contribution in [2.24, 2.45) is 0 Å². The van der Waals surface area contributed by atoms with Crippen LogP contribution in [0, 0.1) is 6.92 Å². The Morgan fingerprint density at radius 3 is 3.00 bits per heavy atom. The Morgan fingerprint density at radius 1 is 1.36 bits per heavy atom. The van der Waals surface area contributed by atoms with Crippen LogP contribution in [0.5, 0.6) is 0 Å². The van der Waals surface area contributed by atoms with Crippen LogP contribution in [-0.2, 0) is 4.79 Å². The van der Waals surface area contributed by atoms with E-state index in [1.807, 2.05) is 25.1 Å². The minimum atomic E-state index is 0.0434. The Bertz CT molecular complexity index is 615. The molecule has 0 aliphatic heterocycles. The summed E-state index contributed by atoms with van der Waals surface area (Å²) < 4.78 is 0.792. The van der Waals surface area contributed by atoms with Crippen molar-refractivity contribution in [3.05, 3.63) is 29.8 Å². The van der Waals surface area contributed by atoms with Crippen molar-refractivity contribution in [3.8, 4) is 0 Å². The number of hydrogen-bond acceptors (Lipinski definition) is 6. The molecule has 2 aromatic rings. The topological polar surface area (TPSA) is 66.9 Å². The third-order valence-corrected chi connectivity index (χ3v) is 4.83. The Hall–Kier alpha value is -1.60. The zero-order chi connectivity index (χ0) is 15.8. The second kappa shape index (κ2) is 8.75. The first-order chi connectivity index (χ1) is 10.7. The van der Waals surface area contributed by atoms with Gasteiger partial charge in [-0.05, 0) is 31.0 Å². The molecule has 1 amide bonds. The molecule has 0 aliphatic rings. The number of amides is 1. The van der Waals surface area contributed by atoms with Crippen molar-refractivity contribution in [1.29, 1.82) is 0 Å². The number of thioether (sulfide) groups is 1. The second-order valence-corrected chi connectivity index (χ2v) is 7.06. The number of rotatable bonds is 8. The van der Waals surface area contributed by atoms with Crippen LogP contribution < -0.4 is 10.6 Å². The highest BCUT2D eigenvalue weighted by atomic mass is 32.2. The van der Waals surface area contributed by atoms with E-state index in [0.29, 0.717) is 5.75 Å². The van der Waals surface area contributed by atoms with Gasteiger partial charge in [0.15, 0.2) is 4.34 Å². The molecule has 0 aliphatic carbocycles. The van der Waals surface area contributed by atoms with E-state index in [9.17, 15) is 4.79 Å². The minimum absolute atomic E-state index is 0.0434. The smallest absolute Gasteiger partial charge is 0.230 e. The molecule has 0 fully saturated rings. The van der Waals surface area contributed by atoms with Gasteiger partial charge in [0.1, 0.15) is 0 Å². The number of aryl methyl sites for hydroxylation is 1. The fourth-order valence-electron chi connectivity index (χ4n) is 1.75. The van der Waals surface area contributed by atoms with Gasteiger partial charge in [-0.25, -0.2) is 0 Å². The van der Waals surface area contributed by atoms with Gasteiger partial charge in [-0.15, -0.1) is 10.2 Å². The number of benzene rings is 1. The third kappa shape index (κ3) is 5.65. The number of anilines is 2. The molecule has 2 rings (SSSR count). The molecule has 5 nitrogen and oxygen atoms in total. The van der Waals surface area contributed by atoms with Gasteiger partial charge in [-0.1, -0.05) is 48.6 Å². The van der Waals surface area contributed by atoms with Crippen LogP contribution in [-0.4, -0.2) is 28.4 Å². The molecular weight excluding hydrogens is 316 g/mol. The van der Waals surface area contributed by atoms with Crippen molar-refractivity contribution in [2.45, 2.75) is 31.0 Å². The standard InChI is InChI=1S/C15H20N4OS2/c1-3-4-8-16-13(20)10-21-15-19-18-14(22-15)17-12-7-5-6-11(2)9-12/h5-7,9H,3-4,8,10H2,1-2H3,(H,16,20)(H,17,18). The molecule has 0 spiro atoms. The number of carbonyl (C=O) groups excluding carboxylic acids is 1. The highest BCUT2D eigenvalue weighted by molar-refractivity contribution is 8.01. The van der Waals surface area contributed by atoms with E-state index in [2.05, 4.69) is 33.8 Å². The van der Waals surface area contributed by atoms with Gasteiger partial charge < -0.3 is 10.6 Å². The summed E-state index contributed by atoms with van der Waals surface area (Å²) >= 11 is 2.87. The van der Waals surface area contributed by atoms with Gasteiger partial charge in [0.25, 0.3) is 0 Å². The normalized spacial score (nSPS) is 10.5. The molecule has 7 heteroatoms. The summed E-state index contributed by atoms with van der Waals surface area (Å²) in [4.78, 5) is 11.6. The Kier molecular flexibility index (Phi) is 6.67. The molecule has 0 bridgehead atoms. The predicted molar refractivity (Wildman–Crippen MR) is 93.0 cm³/mol. The Balaban J connectivity index is 1.80. The molecule has 1 heterocycles. The molecule has 0 unspecified atom stereocenters. The molecule has 0 radical (unpaired) electrons. The summed E-state index contributed by atoms with van der Waals surface area (Å²) in [7, 11) is 0. The number of nitrogens with one attached hydrogen (secondary N) is 2. The average Bonchev–Trinajstić information content (AvgIpc) is 2.93. The molecule has 0 saturated carbocycles. The van der Waals surface area contributed by atoms with E-state index in [1.165, 1.54) is 28.7 Å². The summed E-state index contributed by atoms with van der Waals surface area (Å²) in [5.41, 5.74) is 2.18. The van der Waals surface area contributed by atoms with E-state index >= 15 is 0 Å². The summed E-state index contributed by atoms with van der Waals surface area (Å²) in [6.45, 7) is 4.89. The Labute approximate surface area is 138 Å². The van der Waals surface area contributed by atoms with E-state index in [0.717, 1.165) is 34.5 Å². The lowest BCUT2D eigenvalue weighted by Gasteiger charge is -2.02. The van der Waals surface area contributed by atoms with Crippen LogP contribution in [0.25, 0.3) is 0 Å². The van der Waals surface area contributed by atoms with Gasteiger partial charge in [0, 0.05) is 12.2 Å². The highest BCUT2D eigenvalue weighted by Crippen LogP contribution is 2.27. The lowest BCUT2D eigenvalue weighted by Crippen LogP contribution is -2.25. The van der Waals surface area contributed by atoms with E-state index in [1.54, 1.807) is 0 Å². The molecule has 118 valence electrons. The molecule has 1 aromatic carbocycles. The number of nitrogens with zero attached hydrogens (tertiary/aromatic N) is 2. The number of carbonyl (C=O) groups is 1. The van der Waals surface area contributed by atoms with Gasteiger partial charge >= 0.3 is 0 Å². The molecule has 2 N–H and O–H groups in total. The summed E-state index contributed by atoms with van der Waals surface area (Å²) in [5, 5.41) is 15.0. The zero-order valence-corrected chi connectivity index (χ0v) is 14.4. The molecule has 1 aromatic heterocycles. The van der Waals surface area contributed by atoms with Crippen LogP contribution in [0.3, 0.4) is 0 Å². The maximum absolute atomic E-state index is 11.6. The van der Waals surface area contributed by atoms with Crippen LogP contribution in [0.2, 0.25) is 0 Å². The SMILES string of the molecule is CCCCNC(=O)CSc1nnc(Nc2cccc(C)c2)s1. The van der Waals surface area contributed by atoms with Crippen LogP contribution in [0.15, 0.2) is 28.6 Å². The van der Waals surface area contributed by atoms with E-state index < -0.39 is 0 Å².